The Hall–Kier alpha value is -3.10. The molecule has 0 heterocycles. The third-order valence-corrected chi connectivity index (χ3v) is 5.34. The minimum Gasteiger partial charge on any atom is -0.468 e. The van der Waals surface area contributed by atoms with Crippen molar-refractivity contribution < 1.29 is 28.7 Å². The number of carbonyl (C=O) groups excluding carboxylic acids is 4. The van der Waals surface area contributed by atoms with Crippen molar-refractivity contribution in [3.63, 3.8) is 0 Å². The molecule has 9 nitrogen and oxygen atoms in total. The molecule has 33 heavy (non-hydrogen) atoms. The zero-order chi connectivity index (χ0) is 24.9. The lowest BCUT2D eigenvalue weighted by molar-refractivity contribution is -0.145. The molecule has 9 heteroatoms. The number of methoxy groups -OCH3 is 1. The molecule has 1 aromatic carbocycles. The number of rotatable bonds is 8. The summed E-state index contributed by atoms with van der Waals surface area (Å²) < 4.78 is 9.88. The number of nitrogens with one attached hydrogen (secondary N) is 2. The SMILES string of the molecule is COC(=O)CNC(=O)C(c1ccc(C)cc1)N(C(=O)C(C)NC(=O)OC(C)(C)C)C1CC1C. The first-order valence-electron chi connectivity index (χ1n) is 11.1. The predicted octanol–water partition coefficient (Wildman–Crippen LogP) is 2.48. The van der Waals surface area contributed by atoms with Gasteiger partial charge in [-0.1, -0.05) is 36.8 Å². The molecule has 4 unspecified atom stereocenters. The molecule has 1 aromatic rings. The van der Waals surface area contributed by atoms with Crippen molar-refractivity contribution in [1.82, 2.24) is 15.5 Å². The Morgan fingerprint density at radius 2 is 1.73 bits per heavy atom. The Kier molecular flexibility index (Phi) is 8.46. The molecular weight excluding hydrogens is 426 g/mol. The van der Waals surface area contributed by atoms with Gasteiger partial charge in [-0.15, -0.1) is 0 Å². The second-order valence-corrected chi connectivity index (χ2v) is 9.50. The van der Waals surface area contributed by atoms with E-state index < -0.39 is 41.6 Å². The zero-order valence-corrected chi connectivity index (χ0v) is 20.4. The maximum absolute atomic E-state index is 13.5. The average Bonchev–Trinajstić information content (AvgIpc) is 3.44. The lowest BCUT2D eigenvalue weighted by Gasteiger charge is -2.34. The monoisotopic (exact) mass is 461 g/mol. The summed E-state index contributed by atoms with van der Waals surface area (Å²) in [6.45, 7) is 10.4. The van der Waals surface area contributed by atoms with Crippen molar-refractivity contribution in [2.24, 2.45) is 5.92 Å². The highest BCUT2D eigenvalue weighted by Gasteiger charge is 2.47. The number of amides is 3. The van der Waals surface area contributed by atoms with Gasteiger partial charge >= 0.3 is 12.1 Å². The largest absolute Gasteiger partial charge is 0.468 e. The quantitative estimate of drug-likeness (QED) is 0.575. The molecule has 2 rings (SSSR count). The zero-order valence-electron chi connectivity index (χ0n) is 20.4. The molecule has 182 valence electrons. The highest BCUT2D eigenvalue weighted by Crippen LogP contribution is 2.40. The first-order chi connectivity index (χ1) is 15.3. The van der Waals surface area contributed by atoms with Crippen LogP contribution in [-0.4, -0.2) is 60.1 Å². The normalized spacial score (nSPS) is 19.0. The van der Waals surface area contributed by atoms with Crippen molar-refractivity contribution in [2.75, 3.05) is 13.7 Å². The van der Waals surface area contributed by atoms with E-state index in [1.54, 1.807) is 39.8 Å². The van der Waals surface area contributed by atoms with E-state index in [-0.39, 0.29) is 18.5 Å². The molecule has 0 bridgehead atoms. The van der Waals surface area contributed by atoms with Gasteiger partial charge in [0, 0.05) is 6.04 Å². The van der Waals surface area contributed by atoms with Gasteiger partial charge in [0.2, 0.25) is 11.8 Å². The Bertz CT molecular complexity index is 877. The summed E-state index contributed by atoms with van der Waals surface area (Å²) in [7, 11) is 1.23. The fourth-order valence-corrected chi connectivity index (χ4v) is 3.46. The average molecular weight is 462 g/mol. The third-order valence-electron chi connectivity index (χ3n) is 5.34. The molecule has 0 radical (unpaired) electrons. The van der Waals surface area contributed by atoms with Gasteiger partial charge in [-0.05, 0) is 52.5 Å². The van der Waals surface area contributed by atoms with E-state index in [4.69, 9.17) is 4.74 Å². The number of hydrogen-bond donors (Lipinski definition) is 2. The van der Waals surface area contributed by atoms with Gasteiger partial charge in [0.05, 0.1) is 7.11 Å². The first-order valence-corrected chi connectivity index (χ1v) is 11.1. The highest BCUT2D eigenvalue weighted by molar-refractivity contribution is 5.93. The van der Waals surface area contributed by atoms with Crippen molar-refractivity contribution in [1.29, 1.82) is 0 Å². The fourth-order valence-electron chi connectivity index (χ4n) is 3.46. The van der Waals surface area contributed by atoms with E-state index in [2.05, 4.69) is 15.4 Å². The molecule has 0 spiro atoms. The number of carbonyl (C=O) groups is 4. The van der Waals surface area contributed by atoms with Crippen LogP contribution in [-0.2, 0) is 23.9 Å². The number of aryl methyl sites for hydroxylation is 1. The Morgan fingerprint density at radius 1 is 1.15 bits per heavy atom. The van der Waals surface area contributed by atoms with Crippen LogP contribution in [0.15, 0.2) is 24.3 Å². The maximum atomic E-state index is 13.5. The van der Waals surface area contributed by atoms with Crippen LogP contribution in [0.2, 0.25) is 0 Å². The van der Waals surface area contributed by atoms with Crippen LogP contribution in [0, 0.1) is 12.8 Å². The summed E-state index contributed by atoms with van der Waals surface area (Å²) in [6, 6.07) is 5.23. The molecule has 2 N–H and O–H groups in total. The maximum Gasteiger partial charge on any atom is 0.408 e. The molecule has 0 saturated heterocycles. The smallest absolute Gasteiger partial charge is 0.408 e. The van der Waals surface area contributed by atoms with Crippen LogP contribution in [0.4, 0.5) is 4.79 Å². The summed E-state index contributed by atoms with van der Waals surface area (Å²) in [5.74, 6) is -1.30. The predicted molar refractivity (Wildman–Crippen MR) is 122 cm³/mol. The van der Waals surface area contributed by atoms with Crippen LogP contribution in [0.3, 0.4) is 0 Å². The third kappa shape index (κ3) is 7.47. The van der Waals surface area contributed by atoms with E-state index in [1.165, 1.54) is 12.0 Å². The number of benzene rings is 1. The Labute approximate surface area is 195 Å². The van der Waals surface area contributed by atoms with Crippen LogP contribution < -0.4 is 10.6 Å². The van der Waals surface area contributed by atoms with Gasteiger partial charge in [0.25, 0.3) is 0 Å². The van der Waals surface area contributed by atoms with Crippen LogP contribution >= 0.6 is 0 Å². The number of alkyl carbamates (subject to hydrolysis) is 1. The molecule has 1 fully saturated rings. The van der Waals surface area contributed by atoms with Gasteiger partial charge in [-0.25, -0.2) is 4.79 Å². The minimum absolute atomic E-state index is 0.171. The van der Waals surface area contributed by atoms with Gasteiger partial charge in [0.1, 0.15) is 24.2 Å². The topological polar surface area (TPSA) is 114 Å². The van der Waals surface area contributed by atoms with E-state index in [0.29, 0.717) is 5.56 Å². The number of nitrogens with zero attached hydrogens (tertiary/aromatic N) is 1. The first kappa shape index (κ1) is 26.2. The standard InChI is InChI=1S/C24H35N3O6/c1-14-8-10-17(11-9-14)20(21(29)25-13-19(28)32-7)27(18-12-15(18)2)22(30)16(3)26-23(31)33-24(4,5)6/h8-11,15-16,18,20H,12-13H2,1-7H3,(H,25,29)(H,26,31). The molecule has 0 aromatic heterocycles. The molecule has 4 atom stereocenters. The van der Waals surface area contributed by atoms with Crippen molar-refractivity contribution in [3.8, 4) is 0 Å². The lowest BCUT2D eigenvalue weighted by Crippen LogP contribution is -2.53. The van der Waals surface area contributed by atoms with E-state index in [0.717, 1.165) is 12.0 Å². The number of hydrogen-bond acceptors (Lipinski definition) is 6. The van der Waals surface area contributed by atoms with Crippen LogP contribution in [0.1, 0.15) is 58.2 Å². The van der Waals surface area contributed by atoms with Gasteiger partial charge in [-0.2, -0.15) is 0 Å². The molecule has 1 aliphatic rings. The van der Waals surface area contributed by atoms with E-state index in [9.17, 15) is 19.2 Å². The van der Waals surface area contributed by atoms with E-state index >= 15 is 0 Å². The lowest BCUT2D eigenvalue weighted by atomic mass is 10.0. The molecule has 0 aliphatic heterocycles. The molecule has 3 amide bonds. The summed E-state index contributed by atoms with van der Waals surface area (Å²) in [4.78, 5) is 52.1. The number of ether oxygens (including phenoxy) is 2. The van der Waals surface area contributed by atoms with Crippen molar-refractivity contribution in [2.45, 2.75) is 71.7 Å². The van der Waals surface area contributed by atoms with Crippen molar-refractivity contribution in [3.05, 3.63) is 35.4 Å². The summed E-state index contributed by atoms with van der Waals surface area (Å²) >= 11 is 0. The van der Waals surface area contributed by atoms with E-state index in [1.807, 2.05) is 26.0 Å². The Morgan fingerprint density at radius 3 is 2.21 bits per heavy atom. The summed E-state index contributed by atoms with van der Waals surface area (Å²) in [6.07, 6.45) is 0.0199. The van der Waals surface area contributed by atoms with Gasteiger partial charge in [-0.3, -0.25) is 14.4 Å². The molecule has 1 saturated carbocycles. The molecular formula is C24H35N3O6. The highest BCUT2D eigenvalue weighted by atomic mass is 16.6. The van der Waals surface area contributed by atoms with Gasteiger partial charge in [0.15, 0.2) is 0 Å². The van der Waals surface area contributed by atoms with Crippen molar-refractivity contribution >= 4 is 23.9 Å². The van der Waals surface area contributed by atoms with Crippen LogP contribution in [0.25, 0.3) is 0 Å². The fraction of sp³-hybridized carbons (Fsp3) is 0.583. The number of esters is 1. The second-order valence-electron chi connectivity index (χ2n) is 9.50. The Balaban J connectivity index is 2.34. The van der Waals surface area contributed by atoms with Gasteiger partial charge < -0.3 is 25.0 Å². The minimum atomic E-state index is -0.972. The summed E-state index contributed by atoms with van der Waals surface area (Å²) in [5, 5.41) is 5.14. The van der Waals surface area contributed by atoms with Crippen LogP contribution in [0.5, 0.6) is 0 Å². The second kappa shape index (κ2) is 10.7. The summed E-state index contributed by atoms with van der Waals surface area (Å²) in [5.41, 5.74) is 0.903. The molecule has 1 aliphatic carbocycles.